The van der Waals surface area contributed by atoms with Crippen molar-refractivity contribution in [2.24, 2.45) is 0 Å². The van der Waals surface area contributed by atoms with Gasteiger partial charge in [-0.15, -0.1) is 0 Å². The number of hydrogen-bond acceptors (Lipinski definition) is 3. The van der Waals surface area contributed by atoms with Crippen LogP contribution < -0.4 is 4.90 Å². The highest BCUT2D eigenvalue weighted by Gasteiger charge is 2.18. The van der Waals surface area contributed by atoms with Crippen LogP contribution in [0.5, 0.6) is 0 Å². The first-order valence-electron chi connectivity index (χ1n) is 9.29. The Balaban J connectivity index is 1.62. The Morgan fingerprint density at radius 2 is 1.57 bits per heavy atom. The number of thioether (sulfide) groups is 1. The van der Waals surface area contributed by atoms with Crippen molar-refractivity contribution in [1.29, 1.82) is 0 Å². The van der Waals surface area contributed by atoms with Crippen LogP contribution in [0, 0.1) is 0 Å². The molecule has 1 amide bonds. The van der Waals surface area contributed by atoms with Gasteiger partial charge in [-0.3, -0.25) is 9.36 Å². The summed E-state index contributed by atoms with van der Waals surface area (Å²) in [7, 11) is 0. The molecule has 4 nitrogen and oxygen atoms in total. The highest BCUT2D eigenvalue weighted by molar-refractivity contribution is 7.99. The van der Waals surface area contributed by atoms with Crippen molar-refractivity contribution in [3.05, 3.63) is 84.9 Å². The summed E-state index contributed by atoms with van der Waals surface area (Å²) in [6, 6.07) is 28.0. The largest absolute Gasteiger partial charge is 0.312 e. The number of benzene rings is 3. The molecule has 3 aromatic carbocycles. The lowest BCUT2D eigenvalue weighted by molar-refractivity contribution is -0.116. The molecule has 0 spiro atoms. The summed E-state index contributed by atoms with van der Waals surface area (Å²) in [4.78, 5) is 19.5. The van der Waals surface area contributed by atoms with E-state index in [1.807, 2.05) is 78.6 Å². The summed E-state index contributed by atoms with van der Waals surface area (Å²) >= 11 is 1.47. The number of hydrogen-bond donors (Lipinski definition) is 0. The lowest BCUT2D eigenvalue weighted by Gasteiger charge is -2.20. The highest BCUT2D eigenvalue weighted by atomic mass is 32.2. The Kier molecular flexibility index (Phi) is 5.44. The summed E-state index contributed by atoms with van der Waals surface area (Å²) in [5, 5.41) is 0.824. The first-order valence-corrected chi connectivity index (χ1v) is 10.3. The summed E-state index contributed by atoms with van der Waals surface area (Å²) < 4.78 is 2.12. The average molecular weight is 388 g/mol. The molecule has 0 aliphatic heterocycles. The van der Waals surface area contributed by atoms with Crippen LogP contribution in [-0.2, 0) is 4.79 Å². The molecule has 140 valence electrons. The molecule has 4 rings (SSSR count). The second-order valence-corrected chi connectivity index (χ2v) is 7.26. The van der Waals surface area contributed by atoms with Gasteiger partial charge in [0, 0.05) is 17.9 Å². The topological polar surface area (TPSA) is 38.1 Å². The van der Waals surface area contributed by atoms with E-state index >= 15 is 0 Å². The van der Waals surface area contributed by atoms with Crippen molar-refractivity contribution in [2.75, 3.05) is 17.2 Å². The van der Waals surface area contributed by atoms with E-state index in [0.29, 0.717) is 12.3 Å². The minimum atomic E-state index is 0.0744. The zero-order valence-electron chi connectivity index (χ0n) is 15.7. The van der Waals surface area contributed by atoms with Crippen molar-refractivity contribution in [1.82, 2.24) is 9.55 Å². The van der Waals surface area contributed by atoms with E-state index in [9.17, 15) is 4.79 Å². The SMILES string of the molecule is CCN(C(=O)CSc1nc2ccccc2n1-c1ccccc1)c1ccccc1. The van der Waals surface area contributed by atoms with Gasteiger partial charge in [0.15, 0.2) is 5.16 Å². The molecule has 5 heteroatoms. The first kappa shape index (κ1) is 18.3. The van der Waals surface area contributed by atoms with Gasteiger partial charge in [0.05, 0.1) is 16.8 Å². The normalized spacial score (nSPS) is 10.9. The number of imidazole rings is 1. The highest BCUT2D eigenvalue weighted by Crippen LogP contribution is 2.28. The number of amides is 1. The van der Waals surface area contributed by atoms with Gasteiger partial charge in [-0.2, -0.15) is 0 Å². The third kappa shape index (κ3) is 3.66. The maximum atomic E-state index is 12.9. The molecule has 1 heterocycles. The zero-order chi connectivity index (χ0) is 19.3. The quantitative estimate of drug-likeness (QED) is 0.428. The van der Waals surface area contributed by atoms with E-state index in [0.717, 1.165) is 27.6 Å². The smallest absolute Gasteiger partial charge is 0.237 e. The van der Waals surface area contributed by atoms with E-state index in [4.69, 9.17) is 4.98 Å². The fourth-order valence-electron chi connectivity index (χ4n) is 3.24. The molecule has 0 N–H and O–H groups in total. The van der Waals surface area contributed by atoms with Gasteiger partial charge in [-0.05, 0) is 43.3 Å². The Bertz CT molecular complexity index is 1080. The Morgan fingerprint density at radius 1 is 0.929 bits per heavy atom. The molecule has 0 fully saturated rings. The molecule has 0 radical (unpaired) electrons. The minimum absolute atomic E-state index is 0.0744. The van der Waals surface area contributed by atoms with Gasteiger partial charge < -0.3 is 4.90 Å². The van der Waals surface area contributed by atoms with Crippen LogP contribution >= 0.6 is 11.8 Å². The predicted octanol–water partition coefficient (Wildman–Crippen LogP) is 5.17. The van der Waals surface area contributed by atoms with Crippen molar-refractivity contribution in [3.63, 3.8) is 0 Å². The van der Waals surface area contributed by atoms with Crippen LogP contribution in [0.3, 0.4) is 0 Å². The van der Waals surface area contributed by atoms with E-state index < -0.39 is 0 Å². The molecule has 0 saturated heterocycles. The monoisotopic (exact) mass is 387 g/mol. The molecule has 0 bridgehead atoms. The molecule has 0 aliphatic rings. The molecule has 28 heavy (non-hydrogen) atoms. The standard InChI is InChI=1S/C23H21N3OS/c1-2-25(18-11-5-3-6-12-18)22(27)17-28-23-24-20-15-9-10-16-21(20)26(23)19-13-7-4-8-14-19/h3-16H,2,17H2,1H3. The van der Waals surface area contributed by atoms with Gasteiger partial charge >= 0.3 is 0 Å². The van der Waals surface area contributed by atoms with Gasteiger partial charge in [-0.25, -0.2) is 4.98 Å². The third-order valence-electron chi connectivity index (χ3n) is 4.55. The van der Waals surface area contributed by atoms with E-state index in [1.54, 1.807) is 0 Å². The van der Waals surface area contributed by atoms with E-state index in [-0.39, 0.29) is 5.91 Å². The number of fused-ring (bicyclic) bond motifs is 1. The first-order chi connectivity index (χ1) is 13.8. The summed E-state index contributed by atoms with van der Waals surface area (Å²) in [5.41, 5.74) is 3.93. The Labute approximate surface area is 168 Å². The van der Waals surface area contributed by atoms with Crippen LogP contribution in [-0.4, -0.2) is 27.8 Å². The van der Waals surface area contributed by atoms with Gasteiger partial charge in [0.2, 0.25) is 5.91 Å². The van der Waals surface area contributed by atoms with Crippen LogP contribution in [0.25, 0.3) is 16.7 Å². The molecule has 0 unspecified atom stereocenters. The second kappa shape index (κ2) is 8.31. The number of anilines is 1. The van der Waals surface area contributed by atoms with Gasteiger partial charge in [-0.1, -0.05) is 60.3 Å². The summed E-state index contributed by atoms with van der Waals surface area (Å²) in [6.45, 7) is 2.63. The van der Waals surface area contributed by atoms with Crippen LogP contribution in [0.4, 0.5) is 5.69 Å². The molecule has 0 saturated carbocycles. The number of carbonyl (C=O) groups is 1. The van der Waals surface area contributed by atoms with Gasteiger partial charge in [0.1, 0.15) is 0 Å². The molecule has 0 atom stereocenters. The van der Waals surface area contributed by atoms with E-state index in [1.165, 1.54) is 11.8 Å². The Morgan fingerprint density at radius 3 is 2.29 bits per heavy atom. The Hall–Kier alpha value is -3.05. The zero-order valence-corrected chi connectivity index (χ0v) is 16.5. The summed E-state index contributed by atoms with van der Waals surface area (Å²) in [6.07, 6.45) is 0. The molecule has 4 aromatic rings. The third-order valence-corrected chi connectivity index (χ3v) is 5.48. The van der Waals surface area contributed by atoms with Gasteiger partial charge in [0.25, 0.3) is 0 Å². The lowest BCUT2D eigenvalue weighted by Crippen LogP contribution is -2.32. The van der Waals surface area contributed by atoms with E-state index in [2.05, 4.69) is 22.8 Å². The number of rotatable bonds is 6. The molecule has 0 aliphatic carbocycles. The second-order valence-electron chi connectivity index (χ2n) is 6.32. The maximum Gasteiger partial charge on any atom is 0.237 e. The lowest BCUT2D eigenvalue weighted by atomic mass is 10.3. The fourth-order valence-corrected chi connectivity index (χ4v) is 4.15. The molecular weight excluding hydrogens is 366 g/mol. The van der Waals surface area contributed by atoms with Crippen molar-refractivity contribution in [3.8, 4) is 5.69 Å². The number of nitrogens with zero attached hydrogens (tertiary/aromatic N) is 3. The summed E-state index contributed by atoms with van der Waals surface area (Å²) in [5.74, 6) is 0.407. The van der Waals surface area contributed by atoms with Crippen LogP contribution in [0.2, 0.25) is 0 Å². The van der Waals surface area contributed by atoms with Crippen molar-refractivity contribution < 1.29 is 4.79 Å². The molecular formula is C23H21N3OS. The fraction of sp³-hybridized carbons (Fsp3) is 0.130. The number of para-hydroxylation sites is 4. The van der Waals surface area contributed by atoms with Crippen LogP contribution in [0.15, 0.2) is 90.1 Å². The number of aromatic nitrogens is 2. The van der Waals surface area contributed by atoms with Crippen LogP contribution in [0.1, 0.15) is 6.92 Å². The van der Waals surface area contributed by atoms with Crippen molar-refractivity contribution in [2.45, 2.75) is 12.1 Å². The molecule has 1 aromatic heterocycles. The minimum Gasteiger partial charge on any atom is -0.312 e. The average Bonchev–Trinajstić information content (AvgIpc) is 3.12. The number of carbonyl (C=O) groups excluding carboxylic acids is 1. The maximum absolute atomic E-state index is 12.9. The predicted molar refractivity (Wildman–Crippen MR) is 116 cm³/mol. The van der Waals surface area contributed by atoms with Crippen molar-refractivity contribution >= 4 is 34.4 Å².